The number of nitrogens with one attached hydrogen (secondary N) is 1. The average Bonchev–Trinajstić information content (AvgIpc) is 2.10. The van der Waals surface area contributed by atoms with Crippen molar-refractivity contribution in [3.8, 4) is 0 Å². The van der Waals surface area contributed by atoms with Gasteiger partial charge in [0.1, 0.15) is 11.6 Å². The van der Waals surface area contributed by atoms with Crippen molar-refractivity contribution in [2.24, 2.45) is 0 Å². The predicted molar refractivity (Wildman–Crippen MR) is 48.7 cm³/mol. The van der Waals surface area contributed by atoms with Gasteiger partial charge in [-0.25, -0.2) is 8.78 Å². The van der Waals surface area contributed by atoms with Gasteiger partial charge < -0.3 is 5.32 Å². The molecule has 0 aliphatic heterocycles. The molecular formula is C10H13F2N. The van der Waals surface area contributed by atoms with Crippen LogP contribution in [0.15, 0.2) is 12.1 Å². The van der Waals surface area contributed by atoms with E-state index in [1.807, 2.05) is 0 Å². The maximum atomic E-state index is 13.0. The monoisotopic (exact) mass is 185 g/mol. The van der Waals surface area contributed by atoms with Gasteiger partial charge in [0.25, 0.3) is 0 Å². The van der Waals surface area contributed by atoms with Crippen LogP contribution in [0.5, 0.6) is 0 Å². The van der Waals surface area contributed by atoms with Crippen LogP contribution in [0.1, 0.15) is 11.1 Å². The predicted octanol–water partition coefficient (Wildman–Crippen LogP) is 2.04. The van der Waals surface area contributed by atoms with Crippen molar-refractivity contribution < 1.29 is 8.78 Å². The van der Waals surface area contributed by atoms with Crippen molar-refractivity contribution in [1.82, 2.24) is 5.32 Å². The summed E-state index contributed by atoms with van der Waals surface area (Å²) in [4.78, 5) is 0. The van der Waals surface area contributed by atoms with E-state index in [0.717, 1.165) is 6.54 Å². The second-order valence-electron chi connectivity index (χ2n) is 3.04. The Morgan fingerprint density at radius 2 is 1.77 bits per heavy atom. The zero-order valence-electron chi connectivity index (χ0n) is 7.82. The molecule has 0 amide bonds. The van der Waals surface area contributed by atoms with Gasteiger partial charge in [-0.05, 0) is 44.6 Å². The minimum Gasteiger partial charge on any atom is -0.319 e. The highest BCUT2D eigenvalue weighted by molar-refractivity contribution is 5.25. The lowest BCUT2D eigenvalue weighted by Gasteiger charge is -2.04. The molecule has 0 radical (unpaired) electrons. The summed E-state index contributed by atoms with van der Waals surface area (Å²) >= 11 is 0. The smallest absolute Gasteiger partial charge is 0.129 e. The lowest BCUT2D eigenvalue weighted by molar-refractivity contribution is 0.564. The van der Waals surface area contributed by atoms with Gasteiger partial charge in [0.2, 0.25) is 0 Å². The summed E-state index contributed by atoms with van der Waals surface area (Å²) in [6, 6.07) is 2.77. The first-order chi connectivity index (χ1) is 6.15. The Morgan fingerprint density at radius 3 is 2.23 bits per heavy atom. The van der Waals surface area contributed by atoms with Gasteiger partial charge in [0, 0.05) is 5.56 Å². The van der Waals surface area contributed by atoms with Crippen LogP contribution in [0, 0.1) is 18.6 Å². The number of hydrogen-bond acceptors (Lipinski definition) is 1. The van der Waals surface area contributed by atoms with E-state index in [0.29, 0.717) is 12.0 Å². The second-order valence-corrected chi connectivity index (χ2v) is 3.04. The summed E-state index contributed by atoms with van der Waals surface area (Å²) in [5.74, 6) is -0.933. The maximum absolute atomic E-state index is 13.0. The first kappa shape index (κ1) is 10.1. The number of likely N-dealkylation sites (N-methyl/N-ethyl adjacent to an activating group) is 1. The minimum absolute atomic E-state index is 0.0909. The molecule has 0 spiro atoms. The fourth-order valence-electron chi connectivity index (χ4n) is 1.11. The molecule has 0 unspecified atom stereocenters. The van der Waals surface area contributed by atoms with E-state index in [1.54, 1.807) is 7.05 Å². The molecule has 3 heteroatoms. The topological polar surface area (TPSA) is 12.0 Å². The van der Waals surface area contributed by atoms with Crippen molar-refractivity contribution >= 4 is 0 Å². The molecule has 1 rings (SSSR count). The van der Waals surface area contributed by atoms with E-state index in [4.69, 9.17) is 0 Å². The van der Waals surface area contributed by atoms with Crippen LogP contribution in [0.2, 0.25) is 0 Å². The molecule has 0 atom stereocenters. The molecule has 1 aromatic carbocycles. The molecule has 13 heavy (non-hydrogen) atoms. The number of halogens is 2. The Labute approximate surface area is 76.8 Å². The fourth-order valence-corrected chi connectivity index (χ4v) is 1.11. The van der Waals surface area contributed by atoms with Crippen molar-refractivity contribution in [2.75, 3.05) is 13.6 Å². The normalized spacial score (nSPS) is 10.5. The van der Waals surface area contributed by atoms with Gasteiger partial charge in [-0.2, -0.15) is 0 Å². The van der Waals surface area contributed by atoms with E-state index < -0.39 is 11.6 Å². The highest BCUT2D eigenvalue weighted by Gasteiger charge is 2.05. The number of hydrogen-bond donors (Lipinski definition) is 1. The molecule has 1 aromatic rings. The van der Waals surface area contributed by atoms with Crippen LogP contribution < -0.4 is 5.32 Å². The molecule has 0 fully saturated rings. The third-order valence-corrected chi connectivity index (χ3v) is 2.00. The van der Waals surface area contributed by atoms with E-state index in [9.17, 15) is 8.78 Å². The van der Waals surface area contributed by atoms with Gasteiger partial charge in [-0.3, -0.25) is 0 Å². The number of rotatable bonds is 3. The molecule has 0 saturated heterocycles. The first-order valence-electron chi connectivity index (χ1n) is 4.24. The Balaban J connectivity index is 2.86. The molecule has 1 N–H and O–H groups in total. The van der Waals surface area contributed by atoms with Crippen molar-refractivity contribution in [1.29, 1.82) is 0 Å². The standard InChI is InChI=1S/C10H13F2N/c1-7-9(11)5-8(3-4-13-2)6-10(7)12/h5-6,13H,3-4H2,1-2H3. The largest absolute Gasteiger partial charge is 0.319 e. The zero-order valence-corrected chi connectivity index (χ0v) is 7.82. The molecule has 0 heterocycles. The highest BCUT2D eigenvalue weighted by atomic mass is 19.1. The van der Waals surface area contributed by atoms with Gasteiger partial charge in [0.15, 0.2) is 0 Å². The minimum atomic E-state index is -0.467. The summed E-state index contributed by atoms with van der Waals surface area (Å²) in [5, 5.41) is 2.92. The van der Waals surface area contributed by atoms with Crippen LogP contribution >= 0.6 is 0 Å². The Bertz CT molecular complexity index is 274. The van der Waals surface area contributed by atoms with E-state index >= 15 is 0 Å². The summed E-state index contributed by atoms with van der Waals surface area (Å²) < 4.78 is 26.0. The third-order valence-electron chi connectivity index (χ3n) is 2.00. The number of benzene rings is 1. The average molecular weight is 185 g/mol. The molecule has 0 bridgehead atoms. The zero-order chi connectivity index (χ0) is 9.84. The van der Waals surface area contributed by atoms with Gasteiger partial charge in [0.05, 0.1) is 0 Å². The SMILES string of the molecule is CNCCc1cc(F)c(C)c(F)c1. The summed E-state index contributed by atoms with van der Waals surface area (Å²) in [5.41, 5.74) is 0.781. The van der Waals surface area contributed by atoms with Crippen LogP contribution in [0.25, 0.3) is 0 Å². The second kappa shape index (κ2) is 4.33. The molecule has 0 saturated carbocycles. The van der Waals surface area contributed by atoms with Crippen LogP contribution in [-0.2, 0) is 6.42 Å². The van der Waals surface area contributed by atoms with E-state index in [-0.39, 0.29) is 5.56 Å². The molecule has 0 aliphatic rings. The van der Waals surface area contributed by atoms with Gasteiger partial charge >= 0.3 is 0 Å². The Morgan fingerprint density at radius 1 is 1.23 bits per heavy atom. The lowest BCUT2D eigenvalue weighted by atomic mass is 10.1. The summed E-state index contributed by atoms with van der Waals surface area (Å²) in [6.45, 7) is 2.16. The van der Waals surface area contributed by atoms with Crippen molar-refractivity contribution in [3.63, 3.8) is 0 Å². The van der Waals surface area contributed by atoms with Crippen LogP contribution in [0.4, 0.5) is 8.78 Å². The quantitative estimate of drug-likeness (QED) is 0.759. The van der Waals surface area contributed by atoms with Gasteiger partial charge in [-0.15, -0.1) is 0 Å². The third kappa shape index (κ3) is 2.49. The molecule has 0 aromatic heterocycles. The van der Waals surface area contributed by atoms with Crippen LogP contribution in [0.3, 0.4) is 0 Å². The highest BCUT2D eigenvalue weighted by Crippen LogP contribution is 2.14. The van der Waals surface area contributed by atoms with Crippen molar-refractivity contribution in [2.45, 2.75) is 13.3 Å². The van der Waals surface area contributed by atoms with Crippen molar-refractivity contribution in [3.05, 3.63) is 34.9 Å². The summed E-state index contributed by atoms with van der Waals surface area (Å²) in [6.07, 6.45) is 0.643. The summed E-state index contributed by atoms with van der Waals surface area (Å²) in [7, 11) is 1.81. The van der Waals surface area contributed by atoms with E-state index in [1.165, 1.54) is 19.1 Å². The molecule has 72 valence electrons. The lowest BCUT2D eigenvalue weighted by Crippen LogP contribution is -2.10. The Hall–Kier alpha value is -0.960. The van der Waals surface area contributed by atoms with E-state index in [2.05, 4.69) is 5.32 Å². The molecule has 1 nitrogen and oxygen atoms in total. The van der Waals surface area contributed by atoms with Crippen LogP contribution in [-0.4, -0.2) is 13.6 Å². The first-order valence-corrected chi connectivity index (χ1v) is 4.24. The fraction of sp³-hybridized carbons (Fsp3) is 0.400. The molecular weight excluding hydrogens is 172 g/mol. The Kier molecular flexibility index (Phi) is 3.37. The maximum Gasteiger partial charge on any atom is 0.129 e. The molecule has 0 aliphatic carbocycles. The van der Waals surface area contributed by atoms with Gasteiger partial charge in [-0.1, -0.05) is 0 Å².